The van der Waals surface area contributed by atoms with Crippen LogP contribution in [0.1, 0.15) is 54.0 Å². The van der Waals surface area contributed by atoms with Gasteiger partial charge in [-0.3, -0.25) is 0 Å². The number of nitrogens with zero attached hydrogens (tertiary/aromatic N) is 3. The summed E-state index contributed by atoms with van der Waals surface area (Å²) >= 11 is 3.79. The maximum absolute atomic E-state index is 12.4. The molecule has 0 fully saturated rings. The first kappa shape index (κ1) is 24.9. The van der Waals surface area contributed by atoms with Crippen LogP contribution in [0.4, 0.5) is 0 Å². The lowest BCUT2D eigenvalue weighted by Gasteiger charge is -2.22. The van der Waals surface area contributed by atoms with Gasteiger partial charge in [-0.25, -0.2) is 14.8 Å². The molecule has 8 nitrogen and oxygen atoms in total. The van der Waals surface area contributed by atoms with Crippen molar-refractivity contribution in [3.8, 4) is 17.1 Å². The molecule has 2 heterocycles. The number of hydrogen-bond donors (Lipinski definition) is 1. The summed E-state index contributed by atoms with van der Waals surface area (Å²) in [4.78, 5) is 24.9. The molecule has 4 rings (SSSR count). The average Bonchev–Trinajstić information content (AvgIpc) is 3.53. The van der Waals surface area contributed by atoms with Gasteiger partial charge in [-0.15, -0.1) is 0 Å². The van der Waals surface area contributed by atoms with Crippen LogP contribution in [-0.4, -0.2) is 53.4 Å². The molecule has 0 spiro atoms. The standard InChI is InChI=1S/C26H29BrN4O4/c1-15(2)16-6-8-17(9-7-16)24-29-22-20(34-4)14-18(21(27)23(22)30-24)19(10-13-33-3)31-12-11-28-25(31)26(32)35-5/h6-9,11-12,14-15,19H,10,13H2,1-5H3,(H,29,30). The van der Waals surface area contributed by atoms with Crippen LogP contribution in [0.25, 0.3) is 22.4 Å². The van der Waals surface area contributed by atoms with Crippen molar-refractivity contribution in [1.29, 1.82) is 0 Å². The first-order chi connectivity index (χ1) is 16.9. The van der Waals surface area contributed by atoms with Gasteiger partial charge < -0.3 is 23.8 Å². The van der Waals surface area contributed by atoms with Crippen LogP contribution >= 0.6 is 15.9 Å². The molecule has 0 bridgehead atoms. The quantitative estimate of drug-likeness (QED) is 0.272. The first-order valence-corrected chi connectivity index (χ1v) is 12.1. The smallest absolute Gasteiger partial charge is 0.374 e. The van der Waals surface area contributed by atoms with Gasteiger partial charge in [0.2, 0.25) is 5.82 Å². The maximum atomic E-state index is 12.4. The normalized spacial score (nSPS) is 12.3. The molecule has 2 aromatic heterocycles. The third kappa shape index (κ3) is 4.83. The fourth-order valence-electron chi connectivity index (χ4n) is 4.18. The second-order valence-electron chi connectivity index (χ2n) is 8.51. The summed E-state index contributed by atoms with van der Waals surface area (Å²) in [5.41, 5.74) is 4.68. The number of ether oxygens (including phenoxy) is 3. The molecule has 9 heteroatoms. The van der Waals surface area contributed by atoms with Crippen LogP contribution < -0.4 is 4.74 Å². The molecule has 1 atom stereocenters. The highest BCUT2D eigenvalue weighted by Crippen LogP contribution is 2.40. The Labute approximate surface area is 212 Å². The Morgan fingerprint density at radius 3 is 2.54 bits per heavy atom. The summed E-state index contributed by atoms with van der Waals surface area (Å²) in [6, 6.07) is 10.1. The number of esters is 1. The van der Waals surface area contributed by atoms with E-state index in [-0.39, 0.29) is 11.9 Å². The van der Waals surface area contributed by atoms with E-state index in [4.69, 9.17) is 19.2 Å². The Morgan fingerprint density at radius 2 is 1.91 bits per heavy atom. The van der Waals surface area contributed by atoms with Gasteiger partial charge in [0.15, 0.2) is 0 Å². The predicted octanol–water partition coefficient (Wildman–Crippen LogP) is 5.73. The van der Waals surface area contributed by atoms with Gasteiger partial charge >= 0.3 is 5.97 Å². The average molecular weight is 541 g/mol. The molecule has 0 aliphatic carbocycles. The van der Waals surface area contributed by atoms with E-state index in [1.54, 1.807) is 31.2 Å². The zero-order valence-electron chi connectivity index (χ0n) is 20.5. The highest BCUT2D eigenvalue weighted by Gasteiger charge is 2.26. The number of rotatable bonds is 9. The van der Waals surface area contributed by atoms with E-state index in [9.17, 15) is 4.79 Å². The molecule has 35 heavy (non-hydrogen) atoms. The number of halogens is 1. The van der Waals surface area contributed by atoms with Gasteiger partial charge in [0, 0.05) is 31.7 Å². The van der Waals surface area contributed by atoms with Crippen LogP contribution in [0.3, 0.4) is 0 Å². The maximum Gasteiger partial charge on any atom is 0.374 e. The van der Waals surface area contributed by atoms with Crippen molar-refractivity contribution in [2.75, 3.05) is 27.9 Å². The number of nitrogens with one attached hydrogen (secondary N) is 1. The minimum Gasteiger partial charge on any atom is -0.494 e. The number of hydrogen-bond acceptors (Lipinski definition) is 6. The van der Waals surface area contributed by atoms with Crippen molar-refractivity contribution in [2.45, 2.75) is 32.2 Å². The summed E-state index contributed by atoms with van der Waals surface area (Å²) in [5, 5.41) is 0. The lowest BCUT2D eigenvalue weighted by atomic mass is 10.0. The Bertz CT molecular complexity index is 1330. The molecule has 0 aliphatic rings. The highest BCUT2D eigenvalue weighted by atomic mass is 79.9. The Hall–Kier alpha value is -3.17. The van der Waals surface area contributed by atoms with Crippen molar-refractivity contribution in [1.82, 2.24) is 19.5 Å². The van der Waals surface area contributed by atoms with Crippen molar-refractivity contribution < 1.29 is 19.0 Å². The van der Waals surface area contributed by atoms with E-state index in [0.717, 1.165) is 32.5 Å². The van der Waals surface area contributed by atoms with Crippen molar-refractivity contribution in [2.24, 2.45) is 0 Å². The minimum absolute atomic E-state index is 0.215. The third-order valence-corrected chi connectivity index (χ3v) is 6.93. The summed E-state index contributed by atoms with van der Waals surface area (Å²) in [7, 11) is 4.62. The van der Waals surface area contributed by atoms with E-state index in [1.807, 2.05) is 6.07 Å². The number of aromatic amines is 1. The number of H-pyrrole nitrogens is 1. The van der Waals surface area contributed by atoms with Gasteiger partial charge in [0.25, 0.3) is 0 Å². The molecule has 0 radical (unpaired) electrons. The lowest BCUT2D eigenvalue weighted by molar-refractivity contribution is 0.0578. The second kappa shape index (κ2) is 10.6. The molecular weight excluding hydrogens is 512 g/mol. The summed E-state index contributed by atoms with van der Waals surface area (Å²) in [6.07, 6.45) is 3.95. The van der Waals surface area contributed by atoms with E-state index in [2.05, 4.69) is 64.0 Å². The molecule has 2 aromatic carbocycles. The van der Waals surface area contributed by atoms with E-state index < -0.39 is 5.97 Å². The Kier molecular flexibility index (Phi) is 7.57. The first-order valence-electron chi connectivity index (χ1n) is 11.4. The predicted molar refractivity (Wildman–Crippen MR) is 138 cm³/mol. The summed E-state index contributed by atoms with van der Waals surface area (Å²) in [6.45, 7) is 4.82. The highest BCUT2D eigenvalue weighted by molar-refractivity contribution is 9.10. The molecule has 0 amide bonds. The number of carbonyl (C=O) groups is 1. The van der Waals surface area contributed by atoms with E-state index in [0.29, 0.717) is 24.7 Å². The number of fused-ring (bicyclic) bond motifs is 1. The van der Waals surface area contributed by atoms with Gasteiger partial charge in [0.1, 0.15) is 22.6 Å². The van der Waals surface area contributed by atoms with Crippen molar-refractivity contribution in [3.63, 3.8) is 0 Å². The van der Waals surface area contributed by atoms with Gasteiger partial charge in [-0.2, -0.15) is 0 Å². The van der Waals surface area contributed by atoms with Gasteiger partial charge in [0.05, 0.1) is 24.7 Å². The molecule has 184 valence electrons. The number of carbonyl (C=O) groups excluding carboxylic acids is 1. The van der Waals surface area contributed by atoms with Crippen LogP contribution in [0.2, 0.25) is 0 Å². The third-order valence-electron chi connectivity index (χ3n) is 6.10. The van der Waals surface area contributed by atoms with Crippen molar-refractivity contribution >= 4 is 32.9 Å². The van der Waals surface area contributed by atoms with Crippen LogP contribution in [0.15, 0.2) is 47.2 Å². The lowest BCUT2D eigenvalue weighted by Crippen LogP contribution is -2.19. The Balaban J connectivity index is 1.85. The fraction of sp³-hybridized carbons (Fsp3) is 0.346. The zero-order chi connectivity index (χ0) is 25.1. The molecular formula is C26H29BrN4O4. The van der Waals surface area contributed by atoms with Crippen LogP contribution in [-0.2, 0) is 9.47 Å². The molecule has 0 saturated heterocycles. The number of imidazole rings is 2. The molecule has 0 aliphatic heterocycles. The van der Waals surface area contributed by atoms with E-state index >= 15 is 0 Å². The molecule has 0 saturated carbocycles. The van der Waals surface area contributed by atoms with Gasteiger partial charge in [-0.05, 0) is 45.5 Å². The molecule has 1 unspecified atom stereocenters. The monoisotopic (exact) mass is 540 g/mol. The topological polar surface area (TPSA) is 91.3 Å². The molecule has 4 aromatic rings. The number of methoxy groups -OCH3 is 3. The largest absolute Gasteiger partial charge is 0.494 e. The van der Waals surface area contributed by atoms with Crippen LogP contribution in [0.5, 0.6) is 5.75 Å². The minimum atomic E-state index is -0.506. The number of benzene rings is 2. The summed E-state index contributed by atoms with van der Waals surface area (Å²) in [5.74, 6) is 1.57. The fourth-order valence-corrected chi connectivity index (χ4v) is 4.84. The second-order valence-corrected chi connectivity index (χ2v) is 9.31. The molecule has 1 N–H and O–H groups in total. The summed E-state index contributed by atoms with van der Waals surface area (Å²) < 4.78 is 18.7. The SMILES string of the molecule is COCCC(c1cc(OC)c2[nH]c(-c3ccc(C(C)C)cc3)nc2c1Br)n1ccnc1C(=O)OC. The Morgan fingerprint density at radius 1 is 1.17 bits per heavy atom. The zero-order valence-corrected chi connectivity index (χ0v) is 22.0. The van der Waals surface area contributed by atoms with E-state index in [1.165, 1.54) is 12.7 Å². The van der Waals surface area contributed by atoms with Crippen LogP contribution in [0, 0.1) is 0 Å². The number of aromatic nitrogens is 4. The van der Waals surface area contributed by atoms with Crippen molar-refractivity contribution in [3.05, 3.63) is 64.1 Å². The van der Waals surface area contributed by atoms with Gasteiger partial charge in [-0.1, -0.05) is 38.1 Å².